The van der Waals surface area contributed by atoms with Gasteiger partial charge in [0.1, 0.15) is 0 Å². The molecule has 20 heavy (non-hydrogen) atoms. The summed E-state index contributed by atoms with van der Waals surface area (Å²) in [5.41, 5.74) is 0.737. The zero-order valence-corrected chi connectivity index (χ0v) is 12.3. The first-order valence-corrected chi connectivity index (χ1v) is 7.17. The molecule has 1 aliphatic rings. The molecule has 108 valence electrons. The predicted molar refractivity (Wildman–Crippen MR) is 77.1 cm³/mol. The quantitative estimate of drug-likeness (QED) is 0.933. The van der Waals surface area contributed by atoms with Gasteiger partial charge in [0.05, 0.1) is 12.3 Å². The Bertz CT molecular complexity index is 525. The molecule has 1 heterocycles. The molecule has 1 fully saturated rings. The molecule has 0 aromatic heterocycles. The molecule has 2 rings (SSSR count). The highest BCUT2D eigenvalue weighted by molar-refractivity contribution is 6.35. The van der Waals surface area contributed by atoms with Crippen molar-refractivity contribution in [3.05, 3.63) is 33.8 Å². The van der Waals surface area contributed by atoms with Crippen molar-refractivity contribution in [3.63, 3.8) is 0 Å². The molecule has 0 bridgehead atoms. The van der Waals surface area contributed by atoms with Crippen molar-refractivity contribution in [2.75, 3.05) is 13.1 Å². The van der Waals surface area contributed by atoms with Gasteiger partial charge < -0.3 is 10.0 Å². The fraction of sp³-hybridized carbons (Fsp3) is 0.429. The summed E-state index contributed by atoms with van der Waals surface area (Å²) in [5.74, 6) is -1.14. The number of halogens is 2. The number of piperidine rings is 1. The number of carbonyl (C=O) groups excluding carboxylic acids is 1. The Kier molecular flexibility index (Phi) is 4.89. The van der Waals surface area contributed by atoms with E-state index in [0.29, 0.717) is 36.0 Å². The summed E-state index contributed by atoms with van der Waals surface area (Å²) in [5, 5.41) is 9.94. The normalized spacial score (nSPS) is 16.2. The van der Waals surface area contributed by atoms with Gasteiger partial charge in [-0.25, -0.2) is 0 Å². The molecule has 1 N–H and O–H groups in total. The first kappa shape index (κ1) is 15.1. The molecular weight excluding hydrogens is 301 g/mol. The van der Waals surface area contributed by atoms with Crippen molar-refractivity contribution >= 4 is 35.1 Å². The first-order valence-electron chi connectivity index (χ1n) is 6.42. The number of carboxylic acid groups (broad SMARTS) is 1. The van der Waals surface area contributed by atoms with Crippen LogP contribution in [0.5, 0.6) is 0 Å². The SMILES string of the molecule is O=C(O)C1CCN(C(=O)Cc2ccc(Cl)cc2Cl)CC1. The maximum absolute atomic E-state index is 12.2. The van der Waals surface area contributed by atoms with E-state index >= 15 is 0 Å². The molecule has 1 amide bonds. The average molecular weight is 316 g/mol. The van der Waals surface area contributed by atoms with Gasteiger partial charge in [-0.2, -0.15) is 0 Å². The second kappa shape index (κ2) is 6.46. The van der Waals surface area contributed by atoms with Gasteiger partial charge in [0.15, 0.2) is 0 Å². The average Bonchev–Trinajstić information content (AvgIpc) is 2.42. The minimum Gasteiger partial charge on any atom is -0.481 e. The van der Waals surface area contributed by atoms with Crippen molar-refractivity contribution in [1.82, 2.24) is 4.90 Å². The number of nitrogens with zero attached hydrogens (tertiary/aromatic N) is 1. The summed E-state index contributed by atoms with van der Waals surface area (Å²) >= 11 is 11.9. The molecular formula is C14H15Cl2NO3. The van der Waals surface area contributed by atoms with Crippen molar-refractivity contribution in [2.45, 2.75) is 19.3 Å². The number of carboxylic acids is 1. The number of rotatable bonds is 3. The van der Waals surface area contributed by atoms with Crippen molar-refractivity contribution in [3.8, 4) is 0 Å². The van der Waals surface area contributed by atoms with Crippen LogP contribution in [-0.4, -0.2) is 35.0 Å². The summed E-state index contributed by atoms with van der Waals surface area (Å²) in [4.78, 5) is 24.7. The Hall–Kier alpha value is -1.26. The van der Waals surface area contributed by atoms with Crippen LogP contribution in [0.1, 0.15) is 18.4 Å². The Balaban J connectivity index is 1.94. The maximum atomic E-state index is 12.2. The number of hydrogen-bond acceptors (Lipinski definition) is 2. The van der Waals surface area contributed by atoms with Gasteiger partial charge in [-0.1, -0.05) is 29.3 Å². The van der Waals surface area contributed by atoms with Gasteiger partial charge in [-0.05, 0) is 30.5 Å². The molecule has 1 aromatic carbocycles. The van der Waals surface area contributed by atoms with Gasteiger partial charge in [0.25, 0.3) is 0 Å². The van der Waals surface area contributed by atoms with E-state index in [-0.39, 0.29) is 18.2 Å². The summed E-state index contributed by atoms with van der Waals surface area (Å²) in [6, 6.07) is 5.06. The first-order chi connectivity index (χ1) is 9.47. The summed E-state index contributed by atoms with van der Waals surface area (Å²) < 4.78 is 0. The molecule has 0 atom stereocenters. The minimum absolute atomic E-state index is 0.0296. The van der Waals surface area contributed by atoms with Crippen LogP contribution < -0.4 is 0 Å². The van der Waals surface area contributed by atoms with E-state index in [2.05, 4.69) is 0 Å². The van der Waals surface area contributed by atoms with Crippen LogP contribution >= 0.6 is 23.2 Å². The zero-order valence-electron chi connectivity index (χ0n) is 10.8. The van der Waals surface area contributed by atoms with E-state index in [1.54, 1.807) is 23.1 Å². The van der Waals surface area contributed by atoms with Crippen LogP contribution in [0.15, 0.2) is 18.2 Å². The summed E-state index contributed by atoms with van der Waals surface area (Å²) in [7, 11) is 0. The van der Waals surface area contributed by atoms with Crippen LogP contribution in [-0.2, 0) is 16.0 Å². The van der Waals surface area contributed by atoms with Gasteiger partial charge in [-0.15, -0.1) is 0 Å². The molecule has 0 aliphatic carbocycles. The third-order valence-corrected chi connectivity index (χ3v) is 4.14. The smallest absolute Gasteiger partial charge is 0.306 e. The fourth-order valence-electron chi connectivity index (χ4n) is 2.32. The maximum Gasteiger partial charge on any atom is 0.306 e. The van der Waals surface area contributed by atoms with Crippen LogP contribution in [0.3, 0.4) is 0 Å². The molecule has 1 aromatic rings. The van der Waals surface area contributed by atoms with Crippen LogP contribution in [0.25, 0.3) is 0 Å². The van der Waals surface area contributed by atoms with Crippen LogP contribution in [0.4, 0.5) is 0 Å². The highest BCUT2D eigenvalue weighted by Gasteiger charge is 2.27. The lowest BCUT2D eigenvalue weighted by atomic mass is 9.96. The lowest BCUT2D eigenvalue weighted by Gasteiger charge is -2.30. The minimum atomic E-state index is -0.780. The number of amides is 1. The topological polar surface area (TPSA) is 57.6 Å². The molecule has 6 heteroatoms. The third-order valence-electron chi connectivity index (χ3n) is 3.55. The highest BCUT2D eigenvalue weighted by atomic mass is 35.5. The number of benzene rings is 1. The van der Waals surface area contributed by atoms with E-state index in [4.69, 9.17) is 28.3 Å². The van der Waals surface area contributed by atoms with E-state index in [1.807, 2.05) is 0 Å². The molecule has 4 nitrogen and oxygen atoms in total. The summed E-state index contributed by atoms with van der Waals surface area (Å²) in [6.07, 6.45) is 1.23. The molecule has 0 spiro atoms. The monoisotopic (exact) mass is 315 g/mol. The van der Waals surface area contributed by atoms with E-state index in [1.165, 1.54) is 0 Å². The Morgan fingerprint density at radius 3 is 2.45 bits per heavy atom. The number of aliphatic carboxylic acids is 1. The van der Waals surface area contributed by atoms with Crippen LogP contribution in [0, 0.1) is 5.92 Å². The van der Waals surface area contributed by atoms with Gasteiger partial charge in [0, 0.05) is 23.1 Å². The number of hydrogen-bond donors (Lipinski definition) is 1. The zero-order chi connectivity index (χ0) is 14.7. The van der Waals surface area contributed by atoms with Gasteiger partial charge >= 0.3 is 5.97 Å². The molecule has 1 saturated heterocycles. The van der Waals surface area contributed by atoms with Gasteiger partial charge in [-0.3, -0.25) is 9.59 Å². The van der Waals surface area contributed by atoms with Gasteiger partial charge in [0.2, 0.25) is 5.91 Å². The lowest BCUT2D eigenvalue weighted by Crippen LogP contribution is -2.41. The second-order valence-corrected chi connectivity index (χ2v) is 5.75. The lowest BCUT2D eigenvalue weighted by molar-refractivity contribution is -0.145. The standard InChI is InChI=1S/C14H15Cl2NO3/c15-11-2-1-10(12(16)8-11)7-13(18)17-5-3-9(4-6-17)14(19)20/h1-2,8-9H,3-7H2,(H,19,20). The molecule has 0 saturated carbocycles. The Morgan fingerprint density at radius 2 is 1.90 bits per heavy atom. The number of carbonyl (C=O) groups is 2. The predicted octanol–water partition coefficient (Wildman–Crippen LogP) is 2.86. The Labute approximate surface area is 127 Å². The molecule has 1 aliphatic heterocycles. The second-order valence-electron chi connectivity index (χ2n) is 4.91. The van der Waals surface area contributed by atoms with E-state index < -0.39 is 5.97 Å². The van der Waals surface area contributed by atoms with E-state index in [9.17, 15) is 9.59 Å². The molecule has 0 unspecified atom stereocenters. The number of likely N-dealkylation sites (tertiary alicyclic amines) is 1. The van der Waals surface area contributed by atoms with Crippen molar-refractivity contribution in [2.24, 2.45) is 5.92 Å². The fourth-order valence-corrected chi connectivity index (χ4v) is 2.79. The van der Waals surface area contributed by atoms with Crippen molar-refractivity contribution < 1.29 is 14.7 Å². The molecule has 0 radical (unpaired) electrons. The highest BCUT2D eigenvalue weighted by Crippen LogP contribution is 2.23. The van der Waals surface area contributed by atoms with Crippen molar-refractivity contribution in [1.29, 1.82) is 0 Å². The summed E-state index contributed by atoms with van der Waals surface area (Å²) in [6.45, 7) is 0.974. The van der Waals surface area contributed by atoms with E-state index in [0.717, 1.165) is 5.56 Å². The third kappa shape index (κ3) is 3.64. The Morgan fingerprint density at radius 1 is 1.25 bits per heavy atom. The van der Waals surface area contributed by atoms with Crippen LogP contribution in [0.2, 0.25) is 10.0 Å². The largest absolute Gasteiger partial charge is 0.481 e.